The van der Waals surface area contributed by atoms with Crippen LogP contribution in [-0.2, 0) is 15.0 Å². The Morgan fingerprint density at radius 2 is 1.69 bits per heavy atom. The highest BCUT2D eigenvalue weighted by Crippen LogP contribution is 2.44. The summed E-state index contributed by atoms with van der Waals surface area (Å²) in [6, 6.07) is 17.2. The standard InChI is InChI=1S/C28H26ClNO5/c1-28(2,3)17-8-13-22(35-4)21(15-17)25(32)23-24(16-6-5-7-20(31)14-16)30(27(34)26(23)33)19-11-9-18(29)10-12-19/h5-15,24,31-32H,1-4H3/b25-23+. The summed E-state index contributed by atoms with van der Waals surface area (Å²) >= 11 is 6.04. The minimum Gasteiger partial charge on any atom is -0.508 e. The Labute approximate surface area is 209 Å². The zero-order valence-electron chi connectivity index (χ0n) is 19.9. The number of amides is 1. The van der Waals surface area contributed by atoms with Gasteiger partial charge in [0, 0.05) is 10.7 Å². The lowest BCUT2D eigenvalue weighted by Crippen LogP contribution is -2.29. The number of benzene rings is 3. The zero-order valence-corrected chi connectivity index (χ0v) is 20.6. The van der Waals surface area contributed by atoms with Gasteiger partial charge in [0.25, 0.3) is 11.7 Å². The van der Waals surface area contributed by atoms with Gasteiger partial charge in [0.05, 0.1) is 24.3 Å². The summed E-state index contributed by atoms with van der Waals surface area (Å²) in [4.78, 5) is 28.0. The number of aromatic hydroxyl groups is 1. The monoisotopic (exact) mass is 491 g/mol. The van der Waals surface area contributed by atoms with E-state index in [0.717, 1.165) is 5.56 Å². The highest BCUT2D eigenvalue weighted by molar-refractivity contribution is 6.51. The van der Waals surface area contributed by atoms with Crippen molar-refractivity contribution < 1.29 is 24.5 Å². The van der Waals surface area contributed by atoms with Crippen LogP contribution < -0.4 is 9.64 Å². The van der Waals surface area contributed by atoms with Crippen LogP contribution in [0.4, 0.5) is 5.69 Å². The number of aliphatic hydroxyl groups excluding tert-OH is 1. The van der Waals surface area contributed by atoms with Crippen LogP contribution in [0.1, 0.15) is 43.5 Å². The Bertz CT molecular complexity index is 1340. The van der Waals surface area contributed by atoms with Crippen molar-refractivity contribution in [1.29, 1.82) is 0 Å². The molecule has 1 atom stereocenters. The molecule has 0 aromatic heterocycles. The molecule has 1 heterocycles. The van der Waals surface area contributed by atoms with Gasteiger partial charge in [-0.25, -0.2) is 0 Å². The summed E-state index contributed by atoms with van der Waals surface area (Å²) in [6.07, 6.45) is 0. The lowest BCUT2D eigenvalue weighted by atomic mass is 9.85. The minimum atomic E-state index is -0.980. The molecule has 180 valence electrons. The van der Waals surface area contributed by atoms with Gasteiger partial charge in [0.1, 0.15) is 17.3 Å². The minimum absolute atomic E-state index is 0.0310. The van der Waals surface area contributed by atoms with E-state index in [4.69, 9.17) is 16.3 Å². The molecule has 35 heavy (non-hydrogen) atoms. The normalized spacial score (nSPS) is 17.6. The second-order valence-electron chi connectivity index (χ2n) is 9.41. The maximum Gasteiger partial charge on any atom is 0.300 e. The van der Waals surface area contributed by atoms with Crippen molar-refractivity contribution in [2.24, 2.45) is 0 Å². The highest BCUT2D eigenvalue weighted by atomic mass is 35.5. The number of ether oxygens (including phenoxy) is 1. The van der Waals surface area contributed by atoms with Crippen molar-refractivity contribution in [1.82, 2.24) is 0 Å². The predicted molar refractivity (Wildman–Crippen MR) is 136 cm³/mol. The molecule has 0 spiro atoms. The molecule has 3 aromatic carbocycles. The van der Waals surface area contributed by atoms with Gasteiger partial charge in [0.2, 0.25) is 0 Å². The molecule has 1 aliphatic heterocycles. The van der Waals surface area contributed by atoms with Crippen LogP contribution in [0.2, 0.25) is 5.02 Å². The van der Waals surface area contributed by atoms with Gasteiger partial charge in [-0.2, -0.15) is 0 Å². The predicted octanol–water partition coefficient (Wildman–Crippen LogP) is 5.98. The van der Waals surface area contributed by atoms with Crippen LogP contribution in [0.15, 0.2) is 72.3 Å². The molecule has 0 radical (unpaired) electrons. The smallest absolute Gasteiger partial charge is 0.300 e. The number of anilines is 1. The molecule has 1 aliphatic rings. The van der Waals surface area contributed by atoms with Crippen LogP contribution in [-0.4, -0.2) is 29.0 Å². The Balaban J connectivity index is 2.00. The average molecular weight is 492 g/mol. The number of nitrogens with zero attached hydrogens (tertiary/aromatic N) is 1. The number of phenols is 1. The fourth-order valence-corrected chi connectivity index (χ4v) is 4.34. The van der Waals surface area contributed by atoms with E-state index in [2.05, 4.69) is 0 Å². The number of aliphatic hydroxyl groups is 1. The number of carbonyl (C=O) groups excluding carboxylic acids is 2. The van der Waals surface area contributed by atoms with Gasteiger partial charge >= 0.3 is 0 Å². The van der Waals surface area contributed by atoms with Crippen LogP contribution >= 0.6 is 11.6 Å². The Morgan fingerprint density at radius 3 is 2.29 bits per heavy atom. The first kappa shape index (κ1) is 24.4. The molecule has 6 nitrogen and oxygen atoms in total. The number of rotatable bonds is 4. The van der Waals surface area contributed by atoms with Gasteiger partial charge < -0.3 is 14.9 Å². The van der Waals surface area contributed by atoms with Gasteiger partial charge in [0.15, 0.2) is 0 Å². The lowest BCUT2D eigenvalue weighted by Gasteiger charge is -2.26. The molecule has 0 saturated carbocycles. The van der Waals surface area contributed by atoms with Crippen molar-refractivity contribution in [3.05, 3.63) is 94.0 Å². The van der Waals surface area contributed by atoms with Crippen LogP contribution in [0.25, 0.3) is 5.76 Å². The number of ketones is 1. The molecule has 1 fully saturated rings. The number of hydrogen-bond donors (Lipinski definition) is 2. The summed E-state index contributed by atoms with van der Waals surface area (Å²) in [6.45, 7) is 6.10. The van der Waals surface area contributed by atoms with Crippen molar-refractivity contribution in [3.8, 4) is 11.5 Å². The SMILES string of the molecule is COc1ccc(C(C)(C)C)cc1/C(O)=C1\C(=O)C(=O)N(c2ccc(Cl)cc2)C1c1cccc(O)c1. The molecule has 4 rings (SSSR count). The Hall–Kier alpha value is -3.77. The van der Waals surface area contributed by atoms with E-state index < -0.39 is 17.7 Å². The van der Waals surface area contributed by atoms with Crippen molar-refractivity contribution >= 4 is 34.7 Å². The topological polar surface area (TPSA) is 87.1 Å². The molecule has 1 amide bonds. The number of methoxy groups -OCH3 is 1. The van der Waals surface area contributed by atoms with E-state index in [1.54, 1.807) is 48.5 Å². The van der Waals surface area contributed by atoms with E-state index >= 15 is 0 Å². The van der Waals surface area contributed by atoms with E-state index in [-0.39, 0.29) is 22.5 Å². The number of carbonyl (C=O) groups is 2. The maximum atomic E-state index is 13.4. The molecule has 1 saturated heterocycles. The summed E-state index contributed by atoms with van der Waals surface area (Å²) in [5.41, 5.74) is 1.78. The fourth-order valence-electron chi connectivity index (χ4n) is 4.22. The van der Waals surface area contributed by atoms with E-state index in [0.29, 0.717) is 27.6 Å². The molecule has 3 aromatic rings. The number of phenolic OH excluding ortho intramolecular Hbond substituents is 1. The Morgan fingerprint density at radius 1 is 1.00 bits per heavy atom. The molecule has 1 unspecified atom stereocenters. The molecular weight excluding hydrogens is 466 g/mol. The van der Waals surface area contributed by atoms with Crippen LogP contribution in [0.5, 0.6) is 11.5 Å². The lowest BCUT2D eigenvalue weighted by molar-refractivity contribution is -0.132. The molecule has 2 N–H and O–H groups in total. The summed E-state index contributed by atoms with van der Waals surface area (Å²) in [5, 5.41) is 22.2. The third-order valence-electron chi connectivity index (χ3n) is 6.06. The van der Waals surface area contributed by atoms with Gasteiger partial charge in [-0.15, -0.1) is 0 Å². The number of Topliss-reactive ketones (excluding diaryl/α,β-unsaturated/α-hetero) is 1. The average Bonchev–Trinajstić information content (AvgIpc) is 3.08. The largest absolute Gasteiger partial charge is 0.508 e. The maximum absolute atomic E-state index is 13.4. The molecule has 0 bridgehead atoms. The first-order valence-electron chi connectivity index (χ1n) is 11.1. The molecule has 0 aliphatic carbocycles. The number of hydrogen-bond acceptors (Lipinski definition) is 5. The summed E-state index contributed by atoms with van der Waals surface area (Å²) < 4.78 is 5.48. The summed E-state index contributed by atoms with van der Waals surface area (Å²) in [5.74, 6) is -1.65. The Kier molecular flexibility index (Phi) is 6.34. The summed E-state index contributed by atoms with van der Waals surface area (Å²) in [7, 11) is 1.47. The highest BCUT2D eigenvalue weighted by Gasteiger charge is 2.47. The fraction of sp³-hybridized carbons (Fsp3) is 0.214. The quantitative estimate of drug-likeness (QED) is 0.266. The first-order valence-corrected chi connectivity index (χ1v) is 11.4. The number of halogens is 1. The molecular formula is C28H26ClNO5. The van der Waals surface area contributed by atoms with Crippen molar-refractivity contribution in [2.45, 2.75) is 32.2 Å². The zero-order chi connectivity index (χ0) is 25.5. The molecule has 7 heteroatoms. The van der Waals surface area contributed by atoms with Gasteiger partial charge in [-0.05, 0) is 65.1 Å². The van der Waals surface area contributed by atoms with E-state index in [1.807, 2.05) is 26.8 Å². The van der Waals surface area contributed by atoms with Crippen LogP contribution in [0.3, 0.4) is 0 Å². The van der Waals surface area contributed by atoms with Crippen molar-refractivity contribution in [3.63, 3.8) is 0 Å². The first-order chi connectivity index (χ1) is 16.5. The third kappa shape index (κ3) is 4.49. The second kappa shape index (κ2) is 9.12. The van der Waals surface area contributed by atoms with Crippen molar-refractivity contribution in [2.75, 3.05) is 12.0 Å². The third-order valence-corrected chi connectivity index (χ3v) is 6.31. The van der Waals surface area contributed by atoms with Crippen LogP contribution in [0, 0.1) is 0 Å². The van der Waals surface area contributed by atoms with Gasteiger partial charge in [-0.3, -0.25) is 14.5 Å². The van der Waals surface area contributed by atoms with E-state index in [9.17, 15) is 19.8 Å². The van der Waals surface area contributed by atoms with E-state index in [1.165, 1.54) is 24.1 Å². The second-order valence-corrected chi connectivity index (χ2v) is 9.84. The van der Waals surface area contributed by atoms with Gasteiger partial charge in [-0.1, -0.05) is 50.6 Å².